The van der Waals surface area contributed by atoms with Crippen LogP contribution in [0.5, 0.6) is 0 Å². The number of hydrogen-bond acceptors (Lipinski definition) is 4. The zero-order valence-electron chi connectivity index (χ0n) is 11.1. The summed E-state index contributed by atoms with van der Waals surface area (Å²) in [4.78, 5) is 10.6. The lowest BCUT2D eigenvalue weighted by molar-refractivity contribution is -0.298. The molecule has 23 heavy (non-hydrogen) atoms. The van der Waals surface area contributed by atoms with Crippen LogP contribution in [0.2, 0.25) is 5.02 Å². The summed E-state index contributed by atoms with van der Waals surface area (Å²) in [7, 11) is 0. The van der Waals surface area contributed by atoms with Crippen molar-refractivity contribution in [2.24, 2.45) is 0 Å². The van der Waals surface area contributed by atoms with Crippen LogP contribution >= 0.6 is 11.6 Å². The van der Waals surface area contributed by atoms with Gasteiger partial charge >= 0.3 is 6.18 Å². The van der Waals surface area contributed by atoms with Crippen molar-refractivity contribution >= 4 is 23.6 Å². The molecule has 0 aliphatic carbocycles. The molecular formula is C15H6ClF3NO3-. The highest BCUT2D eigenvalue weighted by atomic mass is 35.5. The number of carbonyl (C=O) groups is 1. The Hall–Kier alpha value is -2.72. The number of aliphatic carboxylic acids is 1. The first-order valence-electron chi connectivity index (χ1n) is 6.02. The van der Waals surface area contributed by atoms with Gasteiger partial charge in [-0.3, -0.25) is 0 Å². The Balaban J connectivity index is 2.43. The number of benzene rings is 1. The van der Waals surface area contributed by atoms with Gasteiger partial charge in [0.1, 0.15) is 17.6 Å². The summed E-state index contributed by atoms with van der Waals surface area (Å²) < 4.78 is 43.7. The molecule has 0 N–H and O–H groups in total. The second-order valence-corrected chi connectivity index (χ2v) is 4.76. The predicted molar refractivity (Wildman–Crippen MR) is 72.8 cm³/mol. The largest absolute Gasteiger partial charge is 0.544 e. The Kier molecular flexibility index (Phi) is 4.48. The van der Waals surface area contributed by atoms with Gasteiger partial charge in [-0.25, -0.2) is 0 Å². The van der Waals surface area contributed by atoms with Crippen molar-refractivity contribution in [1.29, 1.82) is 5.26 Å². The lowest BCUT2D eigenvalue weighted by atomic mass is 10.1. The second-order valence-electron chi connectivity index (χ2n) is 4.35. The monoisotopic (exact) mass is 340 g/mol. The Labute approximate surface area is 133 Å². The summed E-state index contributed by atoms with van der Waals surface area (Å²) in [6.07, 6.45) is -3.70. The first-order valence-corrected chi connectivity index (χ1v) is 6.40. The highest BCUT2D eigenvalue weighted by molar-refractivity contribution is 6.31. The van der Waals surface area contributed by atoms with Crippen LogP contribution in [-0.4, -0.2) is 5.97 Å². The standard InChI is InChI=1S/C15H7ClF3NO3/c16-12-3-1-8(6-11(12)15(17,18)19)13-4-2-10(23-13)5-9(7-20)14(21)22/h1-6H,(H,21,22)/p-1/b9-5+. The topological polar surface area (TPSA) is 77.1 Å². The van der Waals surface area contributed by atoms with Crippen LogP contribution in [0.1, 0.15) is 11.3 Å². The molecule has 1 heterocycles. The average Bonchev–Trinajstić information content (AvgIpc) is 2.92. The van der Waals surface area contributed by atoms with E-state index < -0.39 is 28.3 Å². The van der Waals surface area contributed by atoms with Crippen LogP contribution in [0.15, 0.2) is 40.3 Å². The first kappa shape index (κ1) is 16.6. The molecule has 0 saturated heterocycles. The molecule has 118 valence electrons. The number of carboxylic acids is 1. The van der Waals surface area contributed by atoms with Gasteiger partial charge in [-0.05, 0) is 30.3 Å². The summed E-state index contributed by atoms with van der Waals surface area (Å²) in [5.41, 5.74) is -1.58. The fraction of sp³-hybridized carbons (Fsp3) is 0.0667. The Morgan fingerprint density at radius 2 is 2.00 bits per heavy atom. The third-order valence-electron chi connectivity index (χ3n) is 2.81. The highest BCUT2D eigenvalue weighted by Gasteiger charge is 2.33. The van der Waals surface area contributed by atoms with Gasteiger partial charge in [-0.2, -0.15) is 18.4 Å². The molecule has 0 atom stereocenters. The normalized spacial score (nSPS) is 12.0. The summed E-state index contributed by atoms with van der Waals surface area (Å²) in [5, 5.41) is 18.8. The lowest BCUT2D eigenvalue weighted by Crippen LogP contribution is -2.23. The summed E-state index contributed by atoms with van der Waals surface area (Å²) in [6.45, 7) is 0. The third-order valence-corrected chi connectivity index (χ3v) is 3.14. The van der Waals surface area contributed by atoms with Gasteiger partial charge in [0, 0.05) is 11.6 Å². The van der Waals surface area contributed by atoms with E-state index >= 15 is 0 Å². The van der Waals surface area contributed by atoms with Crippen LogP contribution in [0, 0.1) is 11.3 Å². The number of carbonyl (C=O) groups excluding carboxylic acids is 1. The van der Waals surface area contributed by atoms with Crippen molar-refractivity contribution in [2.45, 2.75) is 6.18 Å². The van der Waals surface area contributed by atoms with Gasteiger partial charge in [-0.15, -0.1) is 0 Å². The SMILES string of the molecule is N#C/C(=C\c1ccc(-c2ccc(Cl)c(C(F)(F)F)c2)o1)C(=O)[O-]. The fourth-order valence-corrected chi connectivity index (χ4v) is 1.99. The number of halogens is 4. The maximum Gasteiger partial charge on any atom is 0.417 e. The number of nitrogens with zero attached hydrogens (tertiary/aromatic N) is 1. The van der Waals surface area contributed by atoms with Crippen LogP contribution in [0.25, 0.3) is 17.4 Å². The van der Waals surface area contributed by atoms with E-state index in [9.17, 15) is 23.1 Å². The molecule has 2 rings (SSSR count). The van der Waals surface area contributed by atoms with Gasteiger partial charge in [0.05, 0.1) is 22.1 Å². The molecule has 8 heteroatoms. The minimum atomic E-state index is -4.62. The summed E-state index contributed by atoms with van der Waals surface area (Å²) in [6, 6.07) is 7.30. The predicted octanol–water partition coefficient (Wildman–Crippen LogP) is 3.28. The van der Waals surface area contributed by atoms with E-state index in [2.05, 4.69) is 0 Å². The number of furan rings is 1. The number of hydrogen-bond donors (Lipinski definition) is 0. The van der Waals surface area contributed by atoms with Crippen molar-refractivity contribution in [3.8, 4) is 17.4 Å². The first-order chi connectivity index (χ1) is 10.7. The van der Waals surface area contributed by atoms with Gasteiger partial charge in [0.2, 0.25) is 0 Å². The molecule has 0 radical (unpaired) electrons. The Bertz CT molecular complexity index is 831. The smallest absolute Gasteiger partial charge is 0.417 e. The molecule has 0 unspecified atom stereocenters. The van der Waals surface area contributed by atoms with Gasteiger partial charge in [0.15, 0.2) is 0 Å². The molecule has 0 bridgehead atoms. The summed E-state index contributed by atoms with van der Waals surface area (Å²) in [5.74, 6) is -1.63. The van der Waals surface area contributed by atoms with Crippen LogP contribution in [-0.2, 0) is 11.0 Å². The minimum absolute atomic E-state index is 0.00995. The van der Waals surface area contributed by atoms with E-state index in [0.717, 1.165) is 18.2 Å². The molecule has 0 fully saturated rings. The molecule has 4 nitrogen and oxygen atoms in total. The number of nitriles is 1. The molecule has 0 aliphatic heterocycles. The maximum absolute atomic E-state index is 12.8. The van der Waals surface area contributed by atoms with Crippen LogP contribution < -0.4 is 5.11 Å². The molecule has 0 amide bonds. The fourth-order valence-electron chi connectivity index (χ4n) is 1.76. The maximum atomic E-state index is 12.8. The average molecular weight is 341 g/mol. The number of carboxylic acid groups (broad SMARTS) is 1. The third kappa shape index (κ3) is 3.73. The number of rotatable bonds is 3. The van der Waals surface area contributed by atoms with E-state index in [1.54, 1.807) is 0 Å². The molecule has 0 spiro atoms. The molecule has 2 aromatic rings. The minimum Gasteiger partial charge on any atom is -0.544 e. The van der Waals surface area contributed by atoms with E-state index in [1.807, 2.05) is 0 Å². The van der Waals surface area contributed by atoms with E-state index in [-0.39, 0.29) is 17.1 Å². The molecule has 1 aromatic carbocycles. The van der Waals surface area contributed by atoms with Crippen molar-refractivity contribution in [1.82, 2.24) is 0 Å². The van der Waals surface area contributed by atoms with Crippen molar-refractivity contribution < 1.29 is 27.5 Å². The van der Waals surface area contributed by atoms with Gasteiger partial charge < -0.3 is 14.3 Å². The van der Waals surface area contributed by atoms with E-state index in [4.69, 9.17) is 21.3 Å². The Morgan fingerprint density at radius 1 is 1.30 bits per heavy atom. The highest BCUT2D eigenvalue weighted by Crippen LogP contribution is 2.37. The van der Waals surface area contributed by atoms with Gasteiger partial charge in [-0.1, -0.05) is 11.6 Å². The molecule has 0 saturated carbocycles. The van der Waals surface area contributed by atoms with E-state index in [0.29, 0.717) is 0 Å². The zero-order valence-corrected chi connectivity index (χ0v) is 11.9. The Morgan fingerprint density at radius 3 is 2.57 bits per heavy atom. The van der Waals surface area contributed by atoms with Crippen LogP contribution in [0.3, 0.4) is 0 Å². The van der Waals surface area contributed by atoms with Crippen LogP contribution in [0.4, 0.5) is 13.2 Å². The lowest BCUT2D eigenvalue weighted by Gasteiger charge is -2.09. The second kappa shape index (κ2) is 6.18. The van der Waals surface area contributed by atoms with E-state index in [1.165, 1.54) is 24.3 Å². The molecular weight excluding hydrogens is 335 g/mol. The quantitative estimate of drug-likeness (QED) is 0.634. The summed E-state index contributed by atoms with van der Waals surface area (Å²) >= 11 is 5.53. The molecule has 1 aromatic heterocycles. The van der Waals surface area contributed by atoms with Crippen molar-refractivity contribution in [2.75, 3.05) is 0 Å². The van der Waals surface area contributed by atoms with Crippen molar-refractivity contribution in [3.05, 3.63) is 52.3 Å². The number of alkyl halides is 3. The van der Waals surface area contributed by atoms with Crippen molar-refractivity contribution in [3.63, 3.8) is 0 Å². The van der Waals surface area contributed by atoms with Gasteiger partial charge in [0.25, 0.3) is 0 Å². The zero-order chi connectivity index (χ0) is 17.2. The molecule has 0 aliphatic rings.